The first kappa shape index (κ1) is 16.7. The summed E-state index contributed by atoms with van der Waals surface area (Å²) in [6.45, 7) is 5.45. The second kappa shape index (κ2) is 7.58. The molecule has 0 aliphatic carbocycles. The lowest BCUT2D eigenvalue weighted by Crippen LogP contribution is -2.27. The van der Waals surface area contributed by atoms with E-state index in [9.17, 15) is 9.59 Å². The van der Waals surface area contributed by atoms with E-state index in [0.717, 1.165) is 5.56 Å². The summed E-state index contributed by atoms with van der Waals surface area (Å²) in [6.07, 6.45) is -0.965. The van der Waals surface area contributed by atoms with Crippen molar-refractivity contribution in [3.63, 3.8) is 0 Å². The van der Waals surface area contributed by atoms with Crippen molar-refractivity contribution in [1.82, 2.24) is 0 Å². The number of hydrogen-bond acceptors (Lipinski definition) is 3. The second-order valence-corrected chi connectivity index (χ2v) is 5.74. The Labute approximate surface area is 136 Å². The van der Waals surface area contributed by atoms with Crippen LogP contribution >= 0.6 is 0 Å². The van der Waals surface area contributed by atoms with Gasteiger partial charge in [-0.15, -0.1) is 0 Å². The lowest BCUT2D eigenvalue weighted by molar-refractivity contribution is -0.157. The zero-order valence-corrected chi connectivity index (χ0v) is 13.6. The minimum absolute atomic E-state index is 0.298. The van der Waals surface area contributed by atoms with Gasteiger partial charge in [0.25, 0.3) is 5.91 Å². The third kappa shape index (κ3) is 4.68. The summed E-state index contributed by atoms with van der Waals surface area (Å²) in [5.74, 6) is -1.07. The number of carbonyl (C=O) groups excluding carboxylic acids is 2. The molecule has 2 aromatic carbocycles. The van der Waals surface area contributed by atoms with Gasteiger partial charge in [0.1, 0.15) is 0 Å². The smallest absolute Gasteiger partial charge is 0.309 e. The van der Waals surface area contributed by atoms with Gasteiger partial charge in [0, 0.05) is 11.3 Å². The first-order chi connectivity index (χ1) is 11.0. The fourth-order valence-electron chi connectivity index (χ4n) is 2.00. The Kier molecular flexibility index (Phi) is 5.52. The standard InChI is InChI=1S/C19H21NO3/c1-13(2)19(22)23-17(15-7-5-4-6-8-15)18(21)20-16-11-9-14(3)10-12-16/h4-13,17H,1-3H3,(H,20,21)/t17-/m1/s1. The lowest BCUT2D eigenvalue weighted by atomic mass is 10.1. The van der Waals surface area contributed by atoms with Crippen molar-refractivity contribution in [3.8, 4) is 0 Å². The maximum Gasteiger partial charge on any atom is 0.309 e. The van der Waals surface area contributed by atoms with Crippen LogP contribution in [0.2, 0.25) is 0 Å². The van der Waals surface area contributed by atoms with Crippen LogP contribution in [0.15, 0.2) is 54.6 Å². The highest BCUT2D eigenvalue weighted by Crippen LogP contribution is 2.21. The monoisotopic (exact) mass is 311 g/mol. The van der Waals surface area contributed by atoms with Crippen molar-refractivity contribution in [2.75, 3.05) is 5.32 Å². The van der Waals surface area contributed by atoms with Gasteiger partial charge < -0.3 is 10.1 Å². The number of aryl methyl sites for hydroxylation is 1. The van der Waals surface area contributed by atoms with E-state index >= 15 is 0 Å². The molecule has 0 aliphatic heterocycles. The van der Waals surface area contributed by atoms with Crippen LogP contribution in [0.4, 0.5) is 5.69 Å². The summed E-state index contributed by atoms with van der Waals surface area (Å²) in [6, 6.07) is 16.5. The van der Waals surface area contributed by atoms with Crippen molar-refractivity contribution in [2.24, 2.45) is 5.92 Å². The highest BCUT2D eigenvalue weighted by molar-refractivity contribution is 5.96. The number of esters is 1. The molecule has 0 saturated carbocycles. The fourth-order valence-corrected chi connectivity index (χ4v) is 2.00. The van der Waals surface area contributed by atoms with Crippen molar-refractivity contribution in [1.29, 1.82) is 0 Å². The SMILES string of the molecule is Cc1ccc(NC(=O)[C@H](OC(=O)C(C)C)c2ccccc2)cc1. The molecule has 120 valence electrons. The third-order valence-corrected chi connectivity index (χ3v) is 3.36. The maximum atomic E-state index is 12.6. The van der Waals surface area contributed by atoms with Gasteiger partial charge in [-0.25, -0.2) is 0 Å². The molecular weight excluding hydrogens is 290 g/mol. The predicted octanol–water partition coefficient (Wildman–Crippen LogP) is 3.87. The summed E-state index contributed by atoms with van der Waals surface area (Å²) >= 11 is 0. The third-order valence-electron chi connectivity index (χ3n) is 3.36. The molecule has 4 nitrogen and oxygen atoms in total. The predicted molar refractivity (Wildman–Crippen MR) is 89.9 cm³/mol. The van der Waals surface area contributed by atoms with Crippen LogP contribution in [-0.4, -0.2) is 11.9 Å². The van der Waals surface area contributed by atoms with Crippen LogP contribution in [0.1, 0.15) is 31.1 Å². The van der Waals surface area contributed by atoms with Crippen molar-refractivity contribution < 1.29 is 14.3 Å². The van der Waals surface area contributed by atoms with Crippen LogP contribution in [0.25, 0.3) is 0 Å². The molecule has 0 fully saturated rings. The minimum atomic E-state index is -0.965. The number of rotatable bonds is 5. The Bertz CT molecular complexity index is 663. The molecule has 2 aromatic rings. The molecule has 0 radical (unpaired) electrons. The number of ether oxygens (including phenoxy) is 1. The molecule has 1 atom stereocenters. The summed E-state index contributed by atoms with van der Waals surface area (Å²) in [4.78, 5) is 24.5. The molecule has 23 heavy (non-hydrogen) atoms. The Morgan fingerprint density at radius 2 is 1.57 bits per heavy atom. The largest absolute Gasteiger partial charge is 0.447 e. The van der Waals surface area contributed by atoms with Crippen LogP contribution in [0, 0.1) is 12.8 Å². The maximum absolute atomic E-state index is 12.6. The van der Waals surface area contributed by atoms with Gasteiger partial charge in [0.2, 0.25) is 6.10 Å². The Balaban J connectivity index is 2.20. The lowest BCUT2D eigenvalue weighted by Gasteiger charge is -2.19. The van der Waals surface area contributed by atoms with E-state index in [-0.39, 0.29) is 11.8 Å². The molecule has 0 saturated heterocycles. The van der Waals surface area contributed by atoms with Gasteiger partial charge >= 0.3 is 5.97 Å². The van der Waals surface area contributed by atoms with Gasteiger partial charge in [-0.1, -0.05) is 61.9 Å². The number of amides is 1. The summed E-state index contributed by atoms with van der Waals surface area (Å²) < 4.78 is 5.40. The van der Waals surface area contributed by atoms with Crippen LogP contribution in [-0.2, 0) is 14.3 Å². The number of nitrogens with one attached hydrogen (secondary N) is 1. The average molecular weight is 311 g/mol. The molecule has 2 rings (SSSR count). The van der Waals surface area contributed by atoms with Crippen LogP contribution in [0.5, 0.6) is 0 Å². The van der Waals surface area contributed by atoms with Crippen molar-refractivity contribution in [2.45, 2.75) is 26.9 Å². The van der Waals surface area contributed by atoms with E-state index in [1.807, 2.05) is 49.4 Å². The van der Waals surface area contributed by atoms with Gasteiger partial charge in [0.05, 0.1) is 5.92 Å². The fraction of sp³-hybridized carbons (Fsp3) is 0.263. The second-order valence-electron chi connectivity index (χ2n) is 5.74. The first-order valence-electron chi connectivity index (χ1n) is 7.60. The van der Waals surface area contributed by atoms with Gasteiger partial charge in [0.15, 0.2) is 0 Å². The van der Waals surface area contributed by atoms with E-state index in [2.05, 4.69) is 5.32 Å². The van der Waals surface area contributed by atoms with E-state index in [4.69, 9.17) is 4.74 Å². The van der Waals surface area contributed by atoms with E-state index in [1.165, 1.54) is 0 Å². The van der Waals surface area contributed by atoms with Crippen molar-refractivity contribution >= 4 is 17.6 Å². The molecule has 1 amide bonds. The Morgan fingerprint density at radius 1 is 0.957 bits per heavy atom. The highest BCUT2D eigenvalue weighted by Gasteiger charge is 2.26. The van der Waals surface area contributed by atoms with Gasteiger partial charge in [-0.05, 0) is 19.1 Å². The van der Waals surface area contributed by atoms with E-state index in [0.29, 0.717) is 11.3 Å². The molecule has 0 aromatic heterocycles. The van der Waals surface area contributed by atoms with E-state index < -0.39 is 12.1 Å². The minimum Gasteiger partial charge on any atom is -0.447 e. The van der Waals surface area contributed by atoms with Gasteiger partial charge in [-0.3, -0.25) is 9.59 Å². The summed E-state index contributed by atoms with van der Waals surface area (Å²) in [7, 11) is 0. The van der Waals surface area contributed by atoms with Crippen LogP contribution < -0.4 is 5.32 Å². The van der Waals surface area contributed by atoms with Crippen molar-refractivity contribution in [3.05, 3.63) is 65.7 Å². The molecule has 0 aliphatic rings. The quantitative estimate of drug-likeness (QED) is 0.853. The Morgan fingerprint density at radius 3 is 2.13 bits per heavy atom. The molecule has 0 unspecified atom stereocenters. The molecule has 0 heterocycles. The van der Waals surface area contributed by atoms with E-state index in [1.54, 1.807) is 26.0 Å². The molecule has 0 spiro atoms. The molecule has 1 N–H and O–H groups in total. The number of carbonyl (C=O) groups is 2. The zero-order valence-electron chi connectivity index (χ0n) is 13.6. The molecular formula is C19H21NO3. The topological polar surface area (TPSA) is 55.4 Å². The normalized spacial score (nSPS) is 11.8. The van der Waals surface area contributed by atoms with Crippen LogP contribution in [0.3, 0.4) is 0 Å². The molecule has 0 bridgehead atoms. The molecule has 4 heteroatoms. The number of hydrogen-bond donors (Lipinski definition) is 1. The average Bonchev–Trinajstić information content (AvgIpc) is 2.55. The number of benzene rings is 2. The highest BCUT2D eigenvalue weighted by atomic mass is 16.5. The Hall–Kier alpha value is -2.62. The summed E-state index contributed by atoms with van der Waals surface area (Å²) in [5.41, 5.74) is 2.42. The van der Waals surface area contributed by atoms with Gasteiger partial charge in [-0.2, -0.15) is 0 Å². The first-order valence-corrected chi connectivity index (χ1v) is 7.60. The number of anilines is 1. The zero-order chi connectivity index (χ0) is 16.8. The summed E-state index contributed by atoms with van der Waals surface area (Å²) in [5, 5.41) is 2.80.